The number of carboxylic acid groups (broad SMARTS) is 1. The summed E-state index contributed by atoms with van der Waals surface area (Å²) in [6.07, 6.45) is 8.69. The maximum atomic E-state index is 12.1. The molecule has 0 aromatic carbocycles. The fourth-order valence-electron chi connectivity index (χ4n) is 8.52. The number of rotatable bonds is 4. The van der Waals surface area contributed by atoms with E-state index in [9.17, 15) is 14.7 Å². The molecule has 0 saturated heterocycles. The van der Waals surface area contributed by atoms with Gasteiger partial charge in [0.15, 0.2) is 0 Å². The molecule has 4 aliphatic rings. The number of carbonyl (C=O) groups excluding carboxylic acids is 1. The third-order valence-electron chi connectivity index (χ3n) is 10.2. The summed E-state index contributed by atoms with van der Waals surface area (Å²) in [7, 11) is 0. The van der Waals surface area contributed by atoms with Gasteiger partial charge in [-0.15, -0.1) is 0 Å². The lowest BCUT2D eigenvalue weighted by Gasteiger charge is -2.62. The summed E-state index contributed by atoms with van der Waals surface area (Å²) in [6, 6.07) is 0. The van der Waals surface area contributed by atoms with Gasteiger partial charge in [-0.3, -0.25) is 9.59 Å². The average molecular weight is 391 g/mol. The Morgan fingerprint density at radius 3 is 2.64 bits per heavy atom. The van der Waals surface area contributed by atoms with Crippen molar-refractivity contribution >= 4 is 11.8 Å². The molecule has 0 heterocycles. The zero-order valence-electron chi connectivity index (χ0n) is 17.8. The summed E-state index contributed by atoms with van der Waals surface area (Å²) in [5.74, 6) is 2.76. The molecule has 28 heavy (non-hydrogen) atoms. The molecule has 0 unspecified atom stereocenters. The third-order valence-corrected chi connectivity index (χ3v) is 10.2. The Morgan fingerprint density at radius 1 is 1.18 bits per heavy atom. The van der Waals surface area contributed by atoms with Gasteiger partial charge in [-0.2, -0.15) is 0 Å². The molecule has 0 amide bonds. The van der Waals surface area contributed by atoms with Crippen LogP contribution in [0.5, 0.6) is 0 Å². The monoisotopic (exact) mass is 390 g/mol. The Balaban J connectivity index is 1.57. The van der Waals surface area contributed by atoms with Gasteiger partial charge in [0.05, 0.1) is 6.10 Å². The van der Waals surface area contributed by atoms with Crippen LogP contribution in [-0.2, 0) is 9.59 Å². The molecule has 158 valence electrons. The number of aliphatic carboxylic acids is 1. The van der Waals surface area contributed by atoms with Crippen LogP contribution in [0.4, 0.5) is 0 Å². The van der Waals surface area contributed by atoms with Crippen LogP contribution in [0.15, 0.2) is 0 Å². The van der Waals surface area contributed by atoms with E-state index in [1.54, 1.807) is 0 Å². The van der Waals surface area contributed by atoms with E-state index in [1.807, 2.05) is 0 Å². The number of hydrogen-bond acceptors (Lipinski definition) is 3. The largest absolute Gasteiger partial charge is 0.481 e. The van der Waals surface area contributed by atoms with Gasteiger partial charge in [-0.05, 0) is 91.3 Å². The molecule has 0 radical (unpaired) electrons. The van der Waals surface area contributed by atoms with Crippen molar-refractivity contribution in [3.05, 3.63) is 0 Å². The summed E-state index contributed by atoms with van der Waals surface area (Å²) >= 11 is 0. The van der Waals surface area contributed by atoms with Crippen molar-refractivity contribution in [2.75, 3.05) is 0 Å². The predicted molar refractivity (Wildman–Crippen MR) is 108 cm³/mol. The predicted octanol–water partition coefficient (Wildman–Crippen LogP) is 4.69. The number of ketones is 1. The van der Waals surface area contributed by atoms with E-state index < -0.39 is 5.97 Å². The molecule has 9 atom stereocenters. The van der Waals surface area contributed by atoms with Gasteiger partial charge in [-0.1, -0.05) is 20.8 Å². The highest BCUT2D eigenvalue weighted by atomic mass is 16.4. The molecular weight excluding hydrogens is 352 g/mol. The van der Waals surface area contributed by atoms with Crippen molar-refractivity contribution in [1.82, 2.24) is 0 Å². The average Bonchev–Trinajstić information content (AvgIpc) is 3.00. The Morgan fingerprint density at radius 2 is 1.93 bits per heavy atom. The highest BCUT2D eigenvalue weighted by Gasteiger charge is 2.63. The first-order valence-electron chi connectivity index (χ1n) is 11.6. The molecule has 4 fully saturated rings. The lowest BCUT2D eigenvalue weighted by molar-refractivity contribution is -0.171. The smallest absolute Gasteiger partial charge is 0.303 e. The normalized spacial score (nSPS) is 49.1. The van der Waals surface area contributed by atoms with Crippen LogP contribution in [0, 0.1) is 46.3 Å². The van der Waals surface area contributed by atoms with Crippen LogP contribution in [0.25, 0.3) is 0 Å². The summed E-state index contributed by atoms with van der Waals surface area (Å²) in [5.41, 5.74) is 0.138. The van der Waals surface area contributed by atoms with Crippen LogP contribution < -0.4 is 0 Å². The zero-order valence-corrected chi connectivity index (χ0v) is 17.8. The van der Waals surface area contributed by atoms with Crippen LogP contribution in [0.1, 0.15) is 85.0 Å². The first kappa shape index (κ1) is 20.4. The van der Waals surface area contributed by atoms with E-state index in [0.717, 1.165) is 32.1 Å². The molecule has 4 heteroatoms. The van der Waals surface area contributed by atoms with Crippen LogP contribution in [-0.4, -0.2) is 28.1 Å². The Labute approximate surface area is 169 Å². The number of fused-ring (bicyclic) bond motifs is 5. The second-order valence-electron chi connectivity index (χ2n) is 11.1. The van der Waals surface area contributed by atoms with E-state index in [0.29, 0.717) is 47.7 Å². The number of carbonyl (C=O) groups is 2. The summed E-state index contributed by atoms with van der Waals surface area (Å²) in [6.45, 7) is 6.93. The van der Waals surface area contributed by atoms with Gasteiger partial charge in [0, 0.05) is 19.3 Å². The zero-order chi connectivity index (χ0) is 20.3. The highest BCUT2D eigenvalue weighted by molar-refractivity contribution is 5.79. The molecule has 0 aromatic heterocycles. The fraction of sp³-hybridized carbons (Fsp3) is 0.917. The first-order chi connectivity index (χ1) is 13.2. The molecule has 2 N–H and O–H groups in total. The molecule has 0 aromatic rings. The summed E-state index contributed by atoms with van der Waals surface area (Å²) in [5, 5.41) is 20.5. The highest BCUT2D eigenvalue weighted by Crippen LogP contribution is 2.68. The van der Waals surface area contributed by atoms with E-state index in [2.05, 4.69) is 20.8 Å². The SMILES string of the molecule is C[C@@H](CCC(=O)O)[C@H]1CC[C@@H]2[C@@H]3CC[C@@H]4CC(=O)CC[C@]4(C)[C@@H]3C[C@H](O)[C@@]21C. The Hall–Kier alpha value is -0.900. The number of hydrogen-bond donors (Lipinski definition) is 2. The lowest BCUT2D eigenvalue weighted by atomic mass is 9.44. The van der Waals surface area contributed by atoms with Gasteiger partial charge in [0.25, 0.3) is 0 Å². The van der Waals surface area contributed by atoms with Crippen molar-refractivity contribution in [2.24, 2.45) is 46.3 Å². The van der Waals surface area contributed by atoms with Crippen molar-refractivity contribution in [3.63, 3.8) is 0 Å². The van der Waals surface area contributed by atoms with Gasteiger partial charge >= 0.3 is 5.97 Å². The van der Waals surface area contributed by atoms with Gasteiger partial charge in [0.1, 0.15) is 5.78 Å². The van der Waals surface area contributed by atoms with Crippen LogP contribution in [0.2, 0.25) is 0 Å². The minimum atomic E-state index is -0.714. The van der Waals surface area contributed by atoms with Gasteiger partial charge in [0.2, 0.25) is 0 Å². The second-order valence-corrected chi connectivity index (χ2v) is 11.1. The molecular formula is C24H38O4. The van der Waals surface area contributed by atoms with Crippen molar-refractivity contribution in [2.45, 2.75) is 91.1 Å². The maximum absolute atomic E-state index is 12.1. The van der Waals surface area contributed by atoms with E-state index >= 15 is 0 Å². The van der Waals surface area contributed by atoms with Crippen molar-refractivity contribution < 1.29 is 19.8 Å². The molecule has 0 bridgehead atoms. The maximum Gasteiger partial charge on any atom is 0.303 e. The first-order valence-corrected chi connectivity index (χ1v) is 11.6. The quantitative estimate of drug-likeness (QED) is 0.730. The number of aliphatic hydroxyl groups is 1. The standard InChI is InChI=1S/C24H38O4/c1-14(4-9-22(27)28)18-7-8-19-17-6-5-15-12-16(25)10-11-23(15,2)20(17)13-21(26)24(18,19)3/h14-15,17-21,26H,4-13H2,1-3H3,(H,27,28)/t14-,15+,17-,18+,19+,20+,21-,23-,24+/m0/s1. The topological polar surface area (TPSA) is 74.6 Å². The van der Waals surface area contributed by atoms with E-state index in [-0.39, 0.29) is 23.4 Å². The molecule has 4 rings (SSSR count). The molecule has 4 aliphatic carbocycles. The Kier molecular flexibility index (Phi) is 5.17. The fourth-order valence-corrected chi connectivity index (χ4v) is 8.52. The van der Waals surface area contributed by atoms with Crippen molar-refractivity contribution in [1.29, 1.82) is 0 Å². The number of Topliss-reactive ketones (excluding diaryl/α,β-unsaturated/α-hetero) is 1. The van der Waals surface area contributed by atoms with Crippen molar-refractivity contribution in [3.8, 4) is 0 Å². The molecule has 4 saturated carbocycles. The van der Waals surface area contributed by atoms with Gasteiger partial charge in [-0.25, -0.2) is 0 Å². The second kappa shape index (κ2) is 7.11. The summed E-state index contributed by atoms with van der Waals surface area (Å²) in [4.78, 5) is 23.1. The third kappa shape index (κ3) is 2.97. The molecule has 0 spiro atoms. The number of carboxylic acids is 1. The van der Waals surface area contributed by atoms with E-state index in [1.165, 1.54) is 19.3 Å². The minimum Gasteiger partial charge on any atom is -0.481 e. The van der Waals surface area contributed by atoms with Gasteiger partial charge < -0.3 is 10.2 Å². The van der Waals surface area contributed by atoms with Crippen LogP contribution >= 0.6 is 0 Å². The summed E-state index contributed by atoms with van der Waals surface area (Å²) < 4.78 is 0. The van der Waals surface area contributed by atoms with E-state index in [4.69, 9.17) is 5.11 Å². The minimum absolute atomic E-state index is 0.0766. The molecule has 0 aliphatic heterocycles. The number of aliphatic hydroxyl groups excluding tert-OH is 1. The Bertz CT molecular complexity index is 645. The van der Waals surface area contributed by atoms with Crippen LogP contribution in [0.3, 0.4) is 0 Å². The molecule has 4 nitrogen and oxygen atoms in total. The lowest BCUT2D eigenvalue weighted by Crippen LogP contribution is -2.58.